The van der Waals surface area contributed by atoms with Crippen molar-refractivity contribution in [2.75, 3.05) is 33.7 Å². The van der Waals surface area contributed by atoms with Gasteiger partial charge in [-0.15, -0.1) is 0 Å². The van der Waals surface area contributed by atoms with Gasteiger partial charge in [0.05, 0.1) is 0 Å². The molecule has 0 amide bonds. The molecule has 0 radical (unpaired) electrons. The van der Waals surface area contributed by atoms with Gasteiger partial charge in [0, 0.05) is 31.2 Å². The monoisotopic (exact) mass is 264 g/mol. The van der Waals surface area contributed by atoms with Crippen molar-refractivity contribution in [1.82, 2.24) is 9.80 Å². The summed E-state index contributed by atoms with van der Waals surface area (Å²) in [7, 11) is 4.19. The van der Waals surface area contributed by atoms with E-state index in [-0.39, 0.29) is 6.04 Å². The Bertz CT molecular complexity index is 377. The fraction of sp³-hybridized carbons (Fsp3) is 0.625. The van der Waals surface area contributed by atoms with E-state index in [1.165, 1.54) is 0 Å². The van der Waals surface area contributed by atoms with Crippen LogP contribution in [0, 0.1) is 5.92 Å². The van der Waals surface area contributed by atoms with E-state index in [4.69, 9.17) is 0 Å². The predicted molar refractivity (Wildman–Crippen MR) is 81.5 cm³/mol. The zero-order valence-corrected chi connectivity index (χ0v) is 12.9. The number of rotatable bonds is 7. The summed E-state index contributed by atoms with van der Waals surface area (Å²) in [6.07, 6.45) is 0. The first-order chi connectivity index (χ1) is 8.91. The molecule has 0 fully saturated rings. The Balaban J connectivity index is 2.81. The van der Waals surface area contributed by atoms with Crippen LogP contribution in [0.5, 0.6) is 5.75 Å². The Morgan fingerprint density at radius 2 is 1.68 bits per heavy atom. The molecule has 0 aromatic heterocycles. The molecule has 0 heterocycles. The van der Waals surface area contributed by atoms with Gasteiger partial charge < -0.3 is 10.0 Å². The Kier molecular flexibility index (Phi) is 6.32. The van der Waals surface area contributed by atoms with Crippen molar-refractivity contribution in [2.24, 2.45) is 5.92 Å². The summed E-state index contributed by atoms with van der Waals surface area (Å²) in [5, 5.41) is 10.0. The van der Waals surface area contributed by atoms with Gasteiger partial charge >= 0.3 is 0 Å². The normalized spacial score (nSPS) is 13.5. The molecule has 19 heavy (non-hydrogen) atoms. The summed E-state index contributed by atoms with van der Waals surface area (Å²) >= 11 is 0. The molecule has 0 spiro atoms. The van der Waals surface area contributed by atoms with Crippen molar-refractivity contribution in [3.8, 4) is 5.75 Å². The van der Waals surface area contributed by atoms with Crippen LogP contribution < -0.4 is 0 Å². The molecule has 1 atom stereocenters. The van der Waals surface area contributed by atoms with Gasteiger partial charge in [-0.3, -0.25) is 4.90 Å². The van der Waals surface area contributed by atoms with Crippen molar-refractivity contribution < 1.29 is 5.11 Å². The Morgan fingerprint density at radius 3 is 2.21 bits per heavy atom. The average Bonchev–Trinajstić information content (AvgIpc) is 2.33. The van der Waals surface area contributed by atoms with Crippen LogP contribution in [0.15, 0.2) is 24.3 Å². The molecule has 1 unspecified atom stereocenters. The quantitative estimate of drug-likeness (QED) is 0.820. The third-order valence-corrected chi connectivity index (χ3v) is 3.37. The second kappa shape index (κ2) is 7.51. The van der Waals surface area contributed by atoms with Gasteiger partial charge in [0.1, 0.15) is 5.75 Å². The molecule has 3 heteroatoms. The molecule has 3 nitrogen and oxygen atoms in total. The van der Waals surface area contributed by atoms with Gasteiger partial charge in [0.2, 0.25) is 0 Å². The highest BCUT2D eigenvalue weighted by Gasteiger charge is 2.19. The lowest BCUT2D eigenvalue weighted by molar-refractivity contribution is 0.168. The molecule has 1 aromatic carbocycles. The number of hydrogen-bond acceptors (Lipinski definition) is 3. The van der Waals surface area contributed by atoms with Crippen molar-refractivity contribution in [1.29, 1.82) is 0 Å². The highest BCUT2D eigenvalue weighted by Crippen LogP contribution is 2.28. The summed E-state index contributed by atoms with van der Waals surface area (Å²) in [5.74, 6) is 1.02. The maximum atomic E-state index is 10.0. The van der Waals surface area contributed by atoms with E-state index >= 15 is 0 Å². The molecule has 0 saturated heterocycles. The number of hydrogen-bond donors (Lipinski definition) is 1. The maximum Gasteiger partial charge on any atom is 0.120 e. The molecule has 0 aliphatic rings. The number of benzene rings is 1. The van der Waals surface area contributed by atoms with E-state index in [2.05, 4.69) is 44.7 Å². The molecule has 0 bridgehead atoms. The first kappa shape index (κ1) is 16.0. The summed E-state index contributed by atoms with van der Waals surface area (Å²) in [6, 6.07) is 7.89. The molecule has 1 N–H and O–H groups in total. The lowest BCUT2D eigenvalue weighted by atomic mass is 10.0. The molecule has 0 aliphatic carbocycles. The number of likely N-dealkylation sites (N-methyl/N-ethyl adjacent to an activating group) is 1. The zero-order valence-electron chi connectivity index (χ0n) is 12.9. The molecular formula is C16H28N2O. The Morgan fingerprint density at radius 1 is 1.05 bits per heavy atom. The van der Waals surface area contributed by atoms with Gasteiger partial charge in [0.25, 0.3) is 0 Å². The van der Waals surface area contributed by atoms with E-state index < -0.39 is 0 Å². The van der Waals surface area contributed by atoms with Crippen LogP contribution >= 0.6 is 0 Å². The minimum Gasteiger partial charge on any atom is -0.508 e. The minimum absolute atomic E-state index is 0.239. The number of phenols is 1. The van der Waals surface area contributed by atoms with E-state index in [0.717, 1.165) is 25.2 Å². The lowest BCUT2D eigenvalue weighted by Gasteiger charge is -2.32. The minimum atomic E-state index is 0.239. The number of nitrogens with zero attached hydrogens (tertiary/aromatic N) is 2. The van der Waals surface area contributed by atoms with Crippen LogP contribution in [0.4, 0.5) is 0 Å². The van der Waals surface area contributed by atoms with Gasteiger partial charge in [0.15, 0.2) is 0 Å². The van der Waals surface area contributed by atoms with Crippen LogP contribution in [-0.4, -0.2) is 48.6 Å². The lowest BCUT2D eigenvalue weighted by Crippen LogP contribution is -2.36. The van der Waals surface area contributed by atoms with Gasteiger partial charge in [-0.05, 0) is 33.0 Å². The Labute approximate surface area is 117 Å². The molecule has 0 aliphatic heterocycles. The summed E-state index contributed by atoms with van der Waals surface area (Å²) in [5.41, 5.74) is 1.02. The SMILES string of the molecule is CC(C)CN(CCN(C)C)C(C)c1ccccc1O. The van der Waals surface area contributed by atoms with E-state index in [1.807, 2.05) is 18.2 Å². The molecule has 1 aromatic rings. The van der Waals surface area contributed by atoms with E-state index in [0.29, 0.717) is 11.7 Å². The van der Waals surface area contributed by atoms with Crippen LogP contribution in [-0.2, 0) is 0 Å². The summed E-state index contributed by atoms with van der Waals surface area (Å²) in [6.45, 7) is 9.74. The van der Waals surface area contributed by atoms with Crippen molar-refractivity contribution in [2.45, 2.75) is 26.8 Å². The molecule has 1 rings (SSSR count). The summed E-state index contributed by atoms with van der Waals surface area (Å²) in [4.78, 5) is 4.64. The van der Waals surface area contributed by atoms with Crippen molar-refractivity contribution in [3.63, 3.8) is 0 Å². The third kappa shape index (κ3) is 5.21. The van der Waals surface area contributed by atoms with Gasteiger partial charge in [-0.25, -0.2) is 0 Å². The molecule has 0 saturated carbocycles. The van der Waals surface area contributed by atoms with Crippen LogP contribution in [0.3, 0.4) is 0 Å². The third-order valence-electron chi connectivity index (χ3n) is 3.37. The smallest absolute Gasteiger partial charge is 0.120 e. The van der Waals surface area contributed by atoms with Crippen LogP contribution in [0.2, 0.25) is 0 Å². The highest BCUT2D eigenvalue weighted by molar-refractivity contribution is 5.34. The van der Waals surface area contributed by atoms with Crippen molar-refractivity contribution >= 4 is 0 Å². The first-order valence-electron chi connectivity index (χ1n) is 7.08. The average molecular weight is 264 g/mol. The highest BCUT2D eigenvalue weighted by atomic mass is 16.3. The second-order valence-corrected chi connectivity index (χ2v) is 5.93. The number of aromatic hydroxyl groups is 1. The predicted octanol–water partition coefficient (Wildman–Crippen LogP) is 2.97. The zero-order chi connectivity index (χ0) is 14.4. The van der Waals surface area contributed by atoms with E-state index in [1.54, 1.807) is 6.07 Å². The number of para-hydroxylation sites is 1. The standard InChI is InChI=1S/C16H28N2O/c1-13(2)12-18(11-10-17(4)5)14(3)15-8-6-7-9-16(15)19/h6-9,13-14,19H,10-12H2,1-5H3. The fourth-order valence-corrected chi connectivity index (χ4v) is 2.28. The van der Waals surface area contributed by atoms with E-state index in [9.17, 15) is 5.11 Å². The summed E-state index contributed by atoms with van der Waals surface area (Å²) < 4.78 is 0. The first-order valence-corrected chi connectivity index (χ1v) is 7.08. The van der Waals surface area contributed by atoms with Gasteiger partial charge in [-0.1, -0.05) is 32.0 Å². The Hall–Kier alpha value is -1.06. The number of phenolic OH excluding ortho intramolecular Hbond substituents is 1. The van der Waals surface area contributed by atoms with Gasteiger partial charge in [-0.2, -0.15) is 0 Å². The maximum absolute atomic E-state index is 10.0. The van der Waals surface area contributed by atoms with Crippen LogP contribution in [0.25, 0.3) is 0 Å². The van der Waals surface area contributed by atoms with Crippen LogP contribution in [0.1, 0.15) is 32.4 Å². The fourth-order valence-electron chi connectivity index (χ4n) is 2.28. The topological polar surface area (TPSA) is 26.7 Å². The largest absolute Gasteiger partial charge is 0.508 e. The van der Waals surface area contributed by atoms with Crippen molar-refractivity contribution in [3.05, 3.63) is 29.8 Å². The molecular weight excluding hydrogens is 236 g/mol. The molecule has 108 valence electrons. The second-order valence-electron chi connectivity index (χ2n) is 5.93.